The van der Waals surface area contributed by atoms with E-state index in [0.29, 0.717) is 37.4 Å². The maximum Gasteiger partial charge on any atom is 0.246 e. The van der Waals surface area contributed by atoms with Gasteiger partial charge in [-0.3, -0.25) is 9.89 Å². The molecule has 0 saturated carbocycles. The third-order valence-corrected chi connectivity index (χ3v) is 7.14. The van der Waals surface area contributed by atoms with Gasteiger partial charge in [-0.25, -0.2) is 8.42 Å². The van der Waals surface area contributed by atoms with E-state index in [2.05, 4.69) is 10.2 Å². The molecule has 152 valence electrons. The Labute approximate surface area is 165 Å². The Morgan fingerprint density at radius 2 is 1.86 bits per heavy atom. The standard InChI is InChI=1S/C19H26N4O4S/c1-14-19(15(2)21-20-14)28(25,26)23-10-4-9-22(11-12-23)18(24)13-16-5-7-17(27-3)8-6-16/h5-8H,4,9-13H2,1-3H3,(H,20,21). The molecule has 28 heavy (non-hydrogen) atoms. The summed E-state index contributed by atoms with van der Waals surface area (Å²) in [4.78, 5) is 14.7. The van der Waals surface area contributed by atoms with E-state index >= 15 is 0 Å². The molecule has 1 aromatic heterocycles. The van der Waals surface area contributed by atoms with Gasteiger partial charge in [-0.2, -0.15) is 9.40 Å². The topological polar surface area (TPSA) is 95.6 Å². The van der Waals surface area contributed by atoms with Crippen molar-refractivity contribution in [2.75, 3.05) is 33.3 Å². The van der Waals surface area contributed by atoms with Crippen molar-refractivity contribution >= 4 is 15.9 Å². The molecule has 3 rings (SSSR count). The first kappa shape index (κ1) is 20.3. The number of methoxy groups -OCH3 is 1. The lowest BCUT2D eigenvalue weighted by Crippen LogP contribution is -2.38. The van der Waals surface area contributed by atoms with Gasteiger partial charge in [0.05, 0.1) is 24.9 Å². The minimum Gasteiger partial charge on any atom is -0.497 e. The second-order valence-corrected chi connectivity index (χ2v) is 8.80. The zero-order chi connectivity index (χ0) is 20.3. The molecular weight excluding hydrogens is 380 g/mol. The van der Waals surface area contributed by atoms with Crippen LogP contribution in [0.15, 0.2) is 29.2 Å². The van der Waals surface area contributed by atoms with Gasteiger partial charge in [-0.1, -0.05) is 12.1 Å². The second-order valence-electron chi connectivity index (χ2n) is 6.93. The number of rotatable bonds is 5. The molecule has 0 spiro atoms. The molecule has 1 fully saturated rings. The zero-order valence-corrected chi connectivity index (χ0v) is 17.3. The summed E-state index contributed by atoms with van der Waals surface area (Å²) in [5, 5.41) is 6.73. The Bertz CT molecular complexity index is 918. The van der Waals surface area contributed by atoms with Gasteiger partial charge < -0.3 is 9.64 Å². The molecule has 2 aromatic rings. The summed E-state index contributed by atoms with van der Waals surface area (Å²) in [6, 6.07) is 7.40. The lowest BCUT2D eigenvalue weighted by Gasteiger charge is -2.22. The monoisotopic (exact) mass is 406 g/mol. The summed E-state index contributed by atoms with van der Waals surface area (Å²) >= 11 is 0. The Balaban J connectivity index is 1.66. The van der Waals surface area contributed by atoms with Crippen LogP contribution in [-0.2, 0) is 21.2 Å². The van der Waals surface area contributed by atoms with Crippen LogP contribution in [-0.4, -0.2) is 67.0 Å². The van der Waals surface area contributed by atoms with Crippen LogP contribution in [0.4, 0.5) is 0 Å². The first-order chi connectivity index (χ1) is 13.3. The number of hydrogen-bond acceptors (Lipinski definition) is 5. The van der Waals surface area contributed by atoms with Crippen molar-refractivity contribution in [3.63, 3.8) is 0 Å². The van der Waals surface area contributed by atoms with E-state index in [0.717, 1.165) is 11.3 Å². The molecule has 1 saturated heterocycles. The van der Waals surface area contributed by atoms with Crippen LogP contribution >= 0.6 is 0 Å². The number of amides is 1. The Morgan fingerprint density at radius 3 is 2.46 bits per heavy atom. The average Bonchev–Trinajstić information content (AvgIpc) is 2.87. The second kappa shape index (κ2) is 8.32. The molecule has 0 aliphatic carbocycles. The van der Waals surface area contributed by atoms with Crippen LogP contribution in [0.1, 0.15) is 23.4 Å². The summed E-state index contributed by atoms with van der Waals surface area (Å²) in [6.07, 6.45) is 0.889. The molecule has 1 aliphatic heterocycles. The highest BCUT2D eigenvalue weighted by molar-refractivity contribution is 7.89. The van der Waals surface area contributed by atoms with Crippen molar-refractivity contribution in [3.8, 4) is 5.75 Å². The molecule has 0 atom stereocenters. The van der Waals surface area contributed by atoms with E-state index < -0.39 is 10.0 Å². The van der Waals surface area contributed by atoms with E-state index in [9.17, 15) is 13.2 Å². The predicted octanol–water partition coefficient (Wildman–Crippen LogP) is 1.50. The molecule has 1 amide bonds. The minimum atomic E-state index is -3.63. The lowest BCUT2D eigenvalue weighted by molar-refractivity contribution is -0.130. The molecule has 0 unspecified atom stereocenters. The van der Waals surface area contributed by atoms with E-state index in [1.807, 2.05) is 24.3 Å². The molecule has 8 nitrogen and oxygen atoms in total. The molecule has 9 heteroatoms. The molecule has 2 heterocycles. The number of H-pyrrole nitrogens is 1. The Kier molecular flexibility index (Phi) is 6.04. The molecule has 1 aromatic carbocycles. The van der Waals surface area contributed by atoms with Crippen LogP contribution in [0.5, 0.6) is 5.75 Å². The number of nitrogens with one attached hydrogen (secondary N) is 1. The van der Waals surface area contributed by atoms with Crippen LogP contribution < -0.4 is 4.74 Å². The normalized spacial score (nSPS) is 16.0. The lowest BCUT2D eigenvalue weighted by atomic mass is 10.1. The van der Waals surface area contributed by atoms with Crippen LogP contribution in [0, 0.1) is 13.8 Å². The first-order valence-corrected chi connectivity index (χ1v) is 10.7. The van der Waals surface area contributed by atoms with Gasteiger partial charge in [0.25, 0.3) is 0 Å². The summed E-state index contributed by atoms with van der Waals surface area (Å²) in [6.45, 7) is 4.97. The fourth-order valence-corrected chi connectivity index (χ4v) is 5.26. The van der Waals surface area contributed by atoms with Crippen molar-refractivity contribution in [1.29, 1.82) is 0 Å². The average molecular weight is 407 g/mol. The molecule has 1 aliphatic rings. The summed E-state index contributed by atoms with van der Waals surface area (Å²) in [5.41, 5.74) is 1.91. The maximum absolute atomic E-state index is 13.0. The highest BCUT2D eigenvalue weighted by atomic mass is 32.2. The fourth-order valence-electron chi connectivity index (χ4n) is 3.46. The van der Waals surface area contributed by atoms with Gasteiger partial charge in [0.15, 0.2) is 0 Å². The molecule has 0 bridgehead atoms. The first-order valence-electron chi connectivity index (χ1n) is 9.25. The minimum absolute atomic E-state index is 0.0000806. The number of carbonyl (C=O) groups excluding carboxylic acids is 1. The zero-order valence-electron chi connectivity index (χ0n) is 16.4. The fraction of sp³-hybridized carbons (Fsp3) is 0.474. The van der Waals surface area contributed by atoms with E-state index in [-0.39, 0.29) is 23.8 Å². The number of aromatic amines is 1. The predicted molar refractivity (Wildman–Crippen MR) is 105 cm³/mol. The Hall–Kier alpha value is -2.39. The van der Waals surface area contributed by atoms with E-state index in [4.69, 9.17) is 4.74 Å². The number of aromatic nitrogens is 2. The van der Waals surface area contributed by atoms with Gasteiger partial charge in [0, 0.05) is 26.2 Å². The molecular formula is C19H26N4O4S. The Morgan fingerprint density at radius 1 is 1.14 bits per heavy atom. The number of nitrogens with zero attached hydrogens (tertiary/aromatic N) is 3. The highest BCUT2D eigenvalue weighted by Gasteiger charge is 2.31. The number of carbonyl (C=O) groups is 1. The smallest absolute Gasteiger partial charge is 0.246 e. The summed E-state index contributed by atoms with van der Waals surface area (Å²) in [7, 11) is -2.03. The molecule has 1 N–H and O–H groups in total. The van der Waals surface area contributed by atoms with Crippen LogP contribution in [0.25, 0.3) is 0 Å². The quantitative estimate of drug-likeness (QED) is 0.812. The van der Waals surface area contributed by atoms with Gasteiger partial charge in [-0.05, 0) is 38.0 Å². The van der Waals surface area contributed by atoms with Gasteiger partial charge in [-0.15, -0.1) is 0 Å². The maximum atomic E-state index is 13.0. The third-order valence-electron chi connectivity index (χ3n) is 4.98. The van der Waals surface area contributed by atoms with Crippen LogP contribution in [0.3, 0.4) is 0 Å². The van der Waals surface area contributed by atoms with Crippen molar-refractivity contribution in [3.05, 3.63) is 41.2 Å². The van der Waals surface area contributed by atoms with Gasteiger partial charge >= 0.3 is 0 Å². The number of hydrogen-bond donors (Lipinski definition) is 1. The summed E-state index contributed by atoms with van der Waals surface area (Å²) in [5.74, 6) is 0.747. The number of aryl methyl sites for hydroxylation is 2. The van der Waals surface area contributed by atoms with Crippen molar-refractivity contribution in [1.82, 2.24) is 19.4 Å². The third kappa shape index (κ3) is 4.20. The number of benzene rings is 1. The number of ether oxygens (including phenoxy) is 1. The van der Waals surface area contributed by atoms with Gasteiger partial charge in [0.2, 0.25) is 15.9 Å². The van der Waals surface area contributed by atoms with Crippen molar-refractivity contribution in [2.24, 2.45) is 0 Å². The van der Waals surface area contributed by atoms with Crippen molar-refractivity contribution < 1.29 is 17.9 Å². The summed E-state index contributed by atoms with van der Waals surface area (Å²) < 4.78 is 32.6. The highest BCUT2D eigenvalue weighted by Crippen LogP contribution is 2.23. The SMILES string of the molecule is COc1ccc(CC(=O)N2CCCN(S(=O)(=O)c3c(C)n[nH]c3C)CC2)cc1. The largest absolute Gasteiger partial charge is 0.497 e. The van der Waals surface area contributed by atoms with Crippen molar-refractivity contribution in [2.45, 2.75) is 31.6 Å². The van der Waals surface area contributed by atoms with E-state index in [1.165, 1.54) is 4.31 Å². The molecule has 0 radical (unpaired) electrons. The van der Waals surface area contributed by atoms with E-state index in [1.54, 1.807) is 25.9 Å². The number of sulfonamides is 1. The van der Waals surface area contributed by atoms with Crippen LogP contribution in [0.2, 0.25) is 0 Å². The van der Waals surface area contributed by atoms with Gasteiger partial charge in [0.1, 0.15) is 10.6 Å².